The number of carboxylic acid groups (broad SMARTS) is 1. The zero-order chi connectivity index (χ0) is 29.4. The van der Waals surface area contributed by atoms with E-state index < -0.39 is 23.7 Å². The molecule has 4 aromatic rings. The smallest absolute Gasteiger partial charge is 0.412 e. The van der Waals surface area contributed by atoms with Crippen molar-refractivity contribution in [3.8, 4) is 11.3 Å². The van der Waals surface area contributed by atoms with Crippen molar-refractivity contribution in [2.75, 3.05) is 10.6 Å². The summed E-state index contributed by atoms with van der Waals surface area (Å²) in [6.45, 7) is 5.68. The van der Waals surface area contributed by atoms with Gasteiger partial charge in [0.2, 0.25) is 0 Å². The second kappa shape index (κ2) is 12.8. The normalized spacial score (nSPS) is 10.9. The summed E-state index contributed by atoms with van der Waals surface area (Å²) in [6.07, 6.45) is -1.71. The van der Waals surface area contributed by atoms with Crippen LogP contribution >= 0.6 is 0 Å². The molecule has 0 saturated carbocycles. The molecule has 0 aliphatic rings. The number of nitrogens with zero attached hydrogens (tertiary/aromatic N) is 2. The number of hydrogen-bond acceptors (Lipinski definition) is 5. The molecule has 41 heavy (non-hydrogen) atoms. The summed E-state index contributed by atoms with van der Waals surface area (Å²) in [5, 5.41) is 15.1. The highest BCUT2D eigenvalue weighted by Crippen LogP contribution is 2.26. The van der Waals surface area contributed by atoms with Gasteiger partial charge >= 0.3 is 12.2 Å². The van der Waals surface area contributed by atoms with Crippen molar-refractivity contribution in [3.05, 3.63) is 114 Å². The van der Waals surface area contributed by atoms with Crippen LogP contribution in [-0.2, 0) is 17.8 Å². The summed E-state index contributed by atoms with van der Waals surface area (Å²) in [5.41, 5.74) is 2.98. The molecule has 0 saturated heterocycles. The molecular formula is C32H32N4O5. The van der Waals surface area contributed by atoms with Gasteiger partial charge in [-0.15, -0.1) is 0 Å². The SMILES string of the molecule is CC(C)(C)OC(=O)Nc1ccc(-c2ccccc2)nc1NC(=O)c1ccc(CN(Cc2ccccc2)C(=O)O)cc1. The third kappa shape index (κ3) is 8.40. The number of anilines is 2. The number of ether oxygens (including phenoxy) is 1. The molecule has 0 aliphatic heterocycles. The summed E-state index contributed by atoms with van der Waals surface area (Å²) in [6, 6.07) is 28.9. The van der Waals surface area contributed by atoms with Gasteiger partial charge in [-0.2, -0.15) is 0 Å². The lowest BCUT2D eigenvalue weighted by molar-refractivity contribution is 0.0635. The van der Waals surface area contributed by atoms with E-state index in [1.54, 1.807) is 57.2 Å². The van der Waals surface area contributed by atoms with E-state index in [9.17, 15) is 19.5 Å². The Labute approximate surface area is 238 Å². The predicted octanol–water partition coefficient (Wildman–Crippen LogP) is 7.03. The monoisotopic (exact) mass is 552 g/mol. The highest BCUT2D eigenvalue weighted by atomic mass is 16.6. The molecule has 0 fully saturated rings. The molecule has 4 rings (SSSR count). The van der Waals surface area contributed by atoms with Crippen molar-refractivity contribution in [1.29, 1.82) is 0 Å². The van der Waals surface area contributed by atoms with E-state index in [1.807, 2.05) is 60.7 Å². The number of amides is 3. The van der Waals surface area contributed by atoms with E-state index in [4.69, 9.17) is 4.74 Å². The lowest BCUT2D eigenvalue weighted by Crippen LogP contribution is -2.28. The summed E-state index contributed by atoms with van der Waals surface area (Å²) in [5.74, 6) is -0.285. The average Bonchev–Trinajstić information content (AvgIpc) is 2.94. The first kappa shape index (κ1) is 28.8. The Morgan fingerprint density at radius 1 is 0.780 bits per heavy atom. The van der Waals surface area contributed by atoms with E-state index in [-0.39, 0.29) is 24.6 Å². The second-order valence-corrected chi connectivity index (χ2v) is 10.4. The van der Waals surface area contributed by atoms with E-state index in [0.29, 0.717) is 11.3 Å². The number of hydrogen-bond donors (Lipinski definition) is 3. The van der Waals surface area contributed by atoms with Gasteiger partial charge in [-0.25, -0.2) is 14.6 Å². The van der Waals surface area contributed by atoms with Crippen molar-refractivity contribution in [2.45, 2.75) is 39.5 Å². The molecule has 3 aromatic carbocycles. The summed E-state index contributed by atoms with van der Waals surface area (Å²) in [7, 11) is 0. The minimum Gasteiger partial charge on any atom is -0.465 e. The number of benzene rings is 3. The highest BCUT2D eigenvalue weighted by molar-refractivity contribution is 6.06. The first-order valence-electron chi connectivity index (χ1n) is 13.1. The minimum absolute atomic E-state index is 0.159. The van der Waals surface area contributed by atoms with Crippen molar-refractivity contribution in [3.63, 3.8) is 0 Å². The van der Waals surface area contributed by atoms with Crippen molar-refractivity contribution < 1.29 is 24.2 Å². The number of nitrogens with one attached hydrogen (secondary N) is 2. The quantitative estimate of drug-likeness (QED) is 0.216. The third-order valence-corrected chi connectivity index (χ3v) is 5.91. The van der Waals surface area contributed by atoms with Gasteiger partial charge in [0.15, 0.2) is 5.82 Å². The van der Waals surface area contributed by atoms with Crippen LogP contribution in [0.1, 0.15) is 42.3 Å². The first-order chi connectivity index (χ1) is 19.6. The Balaban J connectivity index is 1.52. The minimum atomic E-state index is -1.04. The Kier molecular flexibility index (Phi) is 8.98. The van der Waals surface area contributed by atoms with Crippen molar-refractivity contribution in [1.82, 2.24) is 9.88 Å². The van der Waals surface area contributed by atoms with Gasteiger partial charge < -0.3 is 15.2 Å². The Hall–Kier alpha value is -5.18. The van der Waals surface area contributed by atoms with Crippen LogP contribution in [0.15, 0.2) is 97.1 Å². The van der Waals surface area contributed by atoms with Crippen LogP contribution in [-0.4, -0.2) is 38.7 Å². The molecule has 0 unspecified atom stereocenters. The fourth-order valence-corrected chi connectivity index (χ4v) is 4.00. The topological polar surface area (TPSA) is 121 Å². The van der Waals surface area contributed by atoms with Crippen LogP contribution in [0.4, 0.5) is 21.1 Å². The van der Waals surface area contributed by atoms with E-state index in [2.05, 4.69) is 15.6 Å². The van der Waals surface area contributed by atoms with Gasteiger partial charge in [-0.05, 0) is 56.2 Å². The molecule has 0 radical (unpaired) electrons. The van der Waals surface area contributed by atoms with Crippen molar-refractivity contribution in [2.24, 2.45) is 0 Å². The summed E-state index contributed by atoms with van der Waals surface area (Å²) >= 11 is 0. The molecule has 3 N–H and O–H groups in total. The van der Waals surface area contributed by atoms with Crippen LogP contribution < -0.4 is 10.6 Å². The maximum absolute atomic E-state index is 13.2. The van der Waals surface area contributed by atoms with Gasteiger partial charge in [0.25, 0.3) is 5.91 Å². The fraction of sp³-hybridized carbons (Fsp3) is 0.188. The maximum atomic E-state index is 13.2. The standard InChI is InChI=1S/C32H32N4O5/c1-32(2,3)41-30(38)34-27-19-18-26(24-12-8-5-9-13-24)33-28(27)35-29(37)25-16-14-23(15-17-25)21-36(31(39)40)20-22-10-6-4-7-11-22/h4-19H,20-21H2,1-3H3,(H,34,38)(H,39,40)(H,33,35,37). The zero-order valence-electron chi connectivity index (χ0n) is 23.1. The Bertz CT molecular complexity index is 1500. The molecule has 0 atom stereocenters. The molecular weight excluding hydrogens is 520 g/mol. The number of pyridine rings is 1. The van der Waals surface area contributed by atoms with Gasteiger partial charge in [0, 0.05) is 24.2 Å². The zero-order valence-corrected chi connectivity index (χ0v) is 23.1. The largest absolute Gasteiger partial charge is 0.465 e. The van der Waals surface area contributed by atoms with E-state index in [1.165, 1.54) is 4.90 Å². The molecule has 3 amide bonds. The van der Waals surface area contributed by atoms with Crippen LogP contribution in [0.5, 0.6) is 0 Å². The third-order valence-electron chi connectivity index (χ3n) is 5.91. The fourth-order valence-electron chi connectivity index (χ4n) is 4.00. The Morgan fingerprint density at radius 2 is 1.37 bits per heavy atom. The number of carbonyl (C=O) groups excluding carboxylic acids is 2. The molecule has 0 bridgehead atoms. The van der Waals surface area contributed by atoms with E-state index in [0.717, 1.165) is 16.7 Å². The molecule has 1 aromatic heterocycles. The van der Waals surface area contributed by atoms with Gasteiger partial charge in [0.05, 0.1) is 11.4 Å². The first-order valence-corrected chi connectivity index (χ1v) is 13.1. The number of rotatable bonds is 8. The highest BCUT2D eigenvalue weighted by Gasteiger charge is 2.20. The summed E-state index contributed by atoms with van der Waals surface area (Å²) in [4.78, 5) is 43.4. The molecule has 0 spiro atoms. The van der Waals surface area contributed by atoms with Gasteiger partial charge in [-0.3, -0.25) is 15.0 Å². The number of aromatic nitrogens is 1. The summed E-state index contributed by atoms with van der Waals surface area (Å²) < 4.78 is 5.36. The maximum Gasteiger partial charge on any atom is 0.412 e. The Morgan fingerprint density at radius 3 is 1.95 bits per heavy atom. The van der Waals surface area contributed by atoms with Gasteiger partial charge in [0.1, 0.15) is 5.60 Å². The molecule has 1 heterocycles. The van der Waals surface area contributed by atoms with Crippen molar-refractivity contribution >= 4 is 29.6 Å². The van der Waals surface area contributed by atoms with Crippen LogP contribution in [0.2, 0.25) is 0 Å². The average molecular weight is 553 g/mol. The number of carbonyl (C=O) groups is 3. The second-order valence-electron chi connectivity index (χ2n) is 10.4. The molecule has 0 aliphatic carbocycles. The lowest BCUT2D eigenvalue weighted by atomic mass is 10.1. The van der Waals surface area contributed by atoms with E-state index >= 15 is 0 Å². The molecule has 9 heteroatoms. The lowest BCUT2D eigenvalue weighted by Gasteiger charge is -2.20. The predicted molar refractivity (Wildman–Crippen MR) is 158 cm³/mol. The molecule has 210 valence electrons. The molecule has 9 nitrogen and oxygen atoms in total. The van der Waals surface area contributed by atoms with Crippen LogP contribution in [0, 0.1) is 0 Å². The van der Waals surface area contributed by atoms with Crippen LogP contribution in [0.25, 0.3) is 11.3 Å². The van der Waals surface area contributed by atoms with Crippen LogP contribution in [0.3, 0.4) is 0 Å². The van der Waals surface area contributed by atoms with Gasteiger partial charge in [-0.1, -0.05) is 72.8 Å².